The number of methoxy groups -OCH3 is 1. The van der Waals surface area contributed by atoms with Gasteiger partial charge in [0, 0.05) is 38.4 Å². The van der Waals surface area contributed by atoms with E-state index in [2.05, 4.69) is 38.8 Å². The Morgan fingerprint density at radius 1 is 1.04 bits per heavy atom. The van der Waals surface area contributed by atoms with Gasteiger partial charge in [0.1, 0.15) is 11.4 Å². The molecular formula is C22H26N4O2. The average molecular weight is 378 g/mol. The molecule has 0 aliphatic carbocycles. The molecule has 1 aromatic heterocycles. The zero-order valence-electron chi connectivity index (χ0n) is 16.7. The number of fused-ring (bicyclic) bond motifs is 1. The summed E-state index contributed by atoms with van der Waals surface area (Å²) >= 11 is 0. The van der Waals surface area contributed by atoms with Gasteiger partial charge in [-0.3, -0.25) is 9.69 Å². The lowest BCUT2D eigenvalue weighted by molar-refractivity contribution is 0.246. The number of nitrogens with one attached hydrogen (secondary N) is 1. The van der Waals surface area contributed by atoms with Crippen LogP contribution < -0.4 is 15.2 Å². The number of anilines is 1. The fourth-order valence-corrected chi connectivity index (χ4v) is 3.66. The molecule has 0 spiro atoms. The summed E-state index contributed by atoms with van der Waals surface area (Å²) in [5.74, 6) is 0.870. The van der Waals surface area contributed by atoms with Crippen molar-refractivity contribution in [1.29, 1.82) is 0 Å². The van der Waals surface area contributed by atoms with E-state index in [1.807, 2.05) is 31.2 Å². The monoisotopic (exact) mass is 378 g/mol. The molecular weight excluding hydrogens is 352 g/mol. The number of hydrogen-bond donors (Lipinski definition) is 1. The predicted octanol–water partition coefficient (Wildman–Crippen LogP) is 2.87. The van der Waals surface area contributed by atoms with Crippen LogP contribution >= 0.6 is 0 Å². The number of aryl methyl sites for hydroxylation is 2. The van der Waals surface area contributed by atoms with E-state index in [0.29, 0.717) is 12.2 Å². The van der Waals surface area contributed by atoms with Crippen LogP contribution in [0.5, 0.6) is 5.75 Å². The van der Waals surface area contributed by atoms with Crippen molar-refractivity contribution in [3.8, 4) is 5.75 Å². The summed E-state index contributed by atoms with van der Waals surface area (Å²) in [6.45, 7) is 8.35. The van der Waals surface area contributed by atoms with Gasteiger partial charge in [-0.1, -0.05) is 0 Å². The first kappa shape index (κ1) is 18.5. The van der Waals surface area contributed by atoms with E-state index >= 15 is 0 Å². The van der Waals surface area contributed by atoms with Crippen molar-refractivity contribution in [2.75, 3.05) is 38.2 Å². The van der Waals surface area contributed by atoms with Gasteiger partial charge in [0.2, 0.25) is 0 Å². The molecule has 1 N–H and O–H groups in total. The second kappa shape index (κ2) is 7.64. The maximum absolute atomic E-state index is 12.5. The highest BCUT2D eigenvalue weighted by atomic mass is 16.5. The summed E-state index contributed by atoms with van der Waals surface area (Å²) in [4.78, 5) is 24.8. The number of benzene rings is 2. The van der Waals surface area contributed by atoms with Gasteiger partial charge in [-0.15, -0.1) is 0 Å². The Balaban J connectivity index is 1.45. The molecule has 28 heavy (non-hydrogen) atoms. The van der Waals surface area contributed by atoms with Gasteiger partial charge in [-0.05, 0) is 61.4 Å². The Morgan fingerprint density at radius 2 is 1.71 bits per heavy atom. The van der Waals surface area contributed by atoms with Gasteiger partial charge in [-0.25, -0.2) is 4.98 Å². The van der Waals surface area contributed by atoms with Gasteiger partial charge in [0.15, 0.2) is 0 Å². The highest BCUT2D eigenvalue weighted by Gasteiger charge is 2.19. The molecule has 146 valence electrons. The highest BCUT2D eigenvalue weighted by Crippen LogP contribution is 2.21. The zero-order valence-corrected chi connectivity index (χ0v) is 16.7. The number of nitrogens with zero attached hydrogens (tertiary/aromatic N) is 3. The van der Waals surface area contributed by atoms with Crippen molar-refractivity contribution in [3.05, 3.63) is 63.6 Å². The summed E-state index contributed by atoms with van der Waals surface area (Å²) in [5, 5.41) is 0. The maximum Gasteiger partial charge on any atom is 0.271 e. The first-order valence-electron chi connectivity index (χ1n) is 9.65. The highest BCUT2D eigenvalue weighted by molar-refractivity contribution is 5.76. The van der Waals surface area contributed by atoms with E-state index in [4.69, 9.17) is 4.74 Å². The fourth-order valence-electron chi connectivity index (χ4n) is 3.66. The minimum absolute atomic E-state index is 0.0895. The second-order valence-corrected chi connectivity index (χ2v) is 7.43. The van der Waals surface area contributed by atoms with Crippen LogP contribution in [0.2, 0.25) is 0 Å². The molecule has 1 aliphatic heterocycles. The fraction of sp³-hybridized carbons (Fsp3) is 0.364. The van der Waals surface area contributed by atoms with Gasteiger partial charge in [-0.2, -0.15) is 0 Å². The van der Waals surface area contributed by atoms with Crippen molar-refractivity contribution in [1.82, 2.24) is 14.9 Å². The van der Waals surface area contributed by atoms with Crippen LogP contribution in [0.25, 0.3) is 11.0 Å². The van der Waals surface area contributed by atoms with Crippen LogP contribution in [0.1, 0.15) is 16.8 Å². The lowest BCUT2D eigenvalue weighted by Crippen LogP contribution is -2.46. The van der Waals surface area contributed by atoms with Crippen LogP contribution in [0.4, 0.5) is 5.69 Å². The molecule has 6 nitrogen and oxygen atoms in total. The van der Waals surface area contributed by atoms with Gasteiger partial charge in [0.05, 0.1) is 18.1 Å². The van der Waals surface area contributed by atoms with Gasteiger partial charge in [0.25, 0.3) is 5.56 Å². The first-order valence-corrected chi connectivity index (χ1v) is 9.65. The smallest absolute Gasteiger partial charge is 0.271 e. The maximum atomic E-state index is 12.5. The van der Waals surface area contributed by atoms with E-state index in [1.165, 1.54) is 11.3 Å². The molecule has 2 aromatic carbocycles. The lowest BCUT2D eigenvalue weighted by Gasteiger charge is -2.35. The minimum Gasteiger partial charge on any atom is -0.497 e. The van der Waals surface area contributed by atoms with Crippen LogP contribution in [-0.2, 0) is 6.54 Å². The molecule has 0 unspecified atom stereocenters. The van der Waals surface area contributed by atoms with Crippen molar-refractivity contribution in [2.24, 2.45) is 0 Å². The van der Waals surface area contributed by atoms with E-state index in [1.54, 1.807) is 7.11 Å². The Bertz CT molecular complexity index is 1030. The number of aromatic nitrogens is 2. The molecule has 0 amide bonds. The lowest BCUT2D eigenvalue weighted by atomic mass is 10.1. The molecule has 0 radical (unpaired) electrons. The van der Waals surface area contributed by atoms with E-state index in [0.717, 1.165) is 48.5 Å². The number of hydrogen-bond acceptors (Lipinski definition) is 5. The zero-order chi connectivity index (χ0) is 19.7. The van der Waals surface area contributed by atoms with Crippen LogP contribution in [0.15, 0.2) is 41.2 Å². The van der Waals surface area contributed by atoms with Crippen LogP contribution in [0, 0.1) is 13.8 Å². The third-order valence-corrected chi connectivity index (χ3v) is 5.56. The van der Waals surface area contributed by atoms with Crippen LogP contribution in [0.3, 0.4) is 0 Å². The average Bonchev–Trinajstić information content (AvgIpc) is 2.71. The summed E-state index contributed by atoms with van der Waals surface area (Å²) in [5.41, 5.74) is 5.71. The SMILES string of the molecule is COc1ccc(N2CCN(Cc3nc4cc(C)c(C)cc4[nH]c3=O)CC2)cc1. The standard InChI is InChI=1S/C22H26N4O2/c1-15-12-19-20(13-16(15)2)24-22(27)21(23-19)14-25-8-10-26(11-9-25)17-4-6-18(28-3)7-5-17/h4-7,12-13H,8-11,14H2,1-3H3,(H,24,27). The third-order valence-electron chi connectivity index (χ3n) is 5.56. The normalized spacial score (nSPS) is 15.2. The Morgan fingerprint density at radius 3 is 2.39 bits per heavy atom. The van der Waals surface area contributed by atoms with E-state index in [9.17, 15) is 4.79 Å². The quantitative estimate of drug-likeness (QED) is 0.756. The van der Waals surface area contributed by atoms with Crippen molar-refractivity contribution in [2.45, 2.75) is 20.4 Å². The van der Waals surface area contributed by atoms with E-state index in [-0.39, 0.29) is 5.56 Å². The van der Waals surface area contributed by atoms with Crippen molar-refractivity contribution in [3.63, 3.8) is 0 Å². The molecule has 1 fully saturated rings. The molecule has 2 heterocycles. The molecule has 1 aliphatic rings. The molecule has 3 aromatic rings. The minimum atomic E-state index is -0.0895. The summed E-state index contributed by atoms with van der Waals surface area (Å²) in [6.07, 6.45) is 0. The van der Waals surface area contributed by atoms with Crippen molar-refractivity contribution < 1.29 is 4.74 Å². The number of aromatic amines is 1. The molecule has 0 bridgehead atoms. The molecule has 0 saturated carbocycles. The first-order chi connectivity index (χ1) is 13.5. The summed E-state index contributed by atoms with van der Waals surface area (Å²) < 4.78 is 5.23. The molecule has 6 heteroatoms. The molecule has 1 saturated heterocycles. The molecule has 4 rings (SSSR count). The molecule has 0 atom stereocenters. The Labute approximate surface area is 164 Å². The topological polar surface area (TPSA) is 61.5 Å². The Hall–Kier alpha value is -2.86. The Kier molecular flexibility index (Phi) is 5.05. The van der Waals surface area contributed by atoms with Gasteiger partial charge < -0.3 is 14.6 Å². The van der Waals surface area contributed by atoms with Crippen molar-refractivity contribution >= 4 is 16.7 Å². The number of ether oxygens (including phenoxy) is 1. The third kappa shape index (κ3) is 3.73. The second-order valence-electron chi connectivity index (χ2n) is 7.43. The summed E-state index contributed by atoms with van der Waals surface area (Å²) in [7, 11) is 1.68. The van der Waals surface area contributed by atoms with E-state index < -0.39 is 0 Å². The largest absolute Gasteiger partial charge is 0.497 e. The van der Waals surface area contributed by atoms with Gasteiger partial charge >= 0.3 is 0 Å². The summed E-state index contributed by atoms with van der Waals surface area (Å²) in [6, 6.07) is 12.2. The number of rotatable bonds is 4. The predicted molar refractivity (Wildman–Crippen MR) is 112 cm³/mol. The number of piperazine rings is 1. The number of H-pyrrole nitrogens is 1. The van der Waals surface area contributed by atoms with Crippen LogP contribution in [-0.4, -0.2) is 48.2 Å².